The molecule has 160 valence electrons. The van der Waals surface area contributed by atoms with Gasteiger partial charge in [0.1, 0.15) is 6.04 Å². The van der Waals surface area contributed by atoms with Crippen LogP contribution in [0.1, 0.15) is 30.9 Å². The molecule has 10 heteroatoms. The van der Waals surface area contributed by atoms with E-state index in [1.165, 1.54) is 14.0 Å². The topological polar surface area (TPSA) is 123 Å². The summed E-state index contributed by atoms with van der Waals surface area (Å²) in [6.07, 6.45) is 0.531. The largest absolute Gasteiger partial charge is 0.465 e. The van der Waals surface area contributed by atoms with Crippen molar-refractivity contribution < 1.29 is 24.2 Å². The number of amides is 3. The number of imidazole rings is 1. The number of carbonyl (C=O) groups is 3. The number of ether oxygens (including phenoxy) is 1. The average molecular weight is 416 g/mol. The number of carbonyl (C=O) groups excluding carboxylic acids is 2. The second-order valence-electron chi connectivity index (χ2n) is 7.72. The summed E-state index contributed by atoms with van der Waals surface area (Å²) in [6, 6.07) is 4.84. The van der Waals surface area contributed by atoms with Gasteiger partial charge in [0.25, 0.3) is 0 Å². The van der Waals surface area contributed by atoms with Gasteiger partial charge in [0.2, 0.25) is 11.8 Å². The number of hydrogen-bond acceptors (Lipinski definition) is 5. The molecule has 1 aromatic heterocycles. The van der Waals surface area contributed by atoms with Gasteiger partial charge in [-0.1, -0.05) is 12.1 Å². The lowest BCUT2D eigenvalue weighted by molar-refractivity contribution is -0.135. The van der Waals surface area contributed by atoms with Gasteiger partial charge in [-0.15, -0.1) is 0 Å². The molecule has 0 bridgehead atoms. The number of benzene rings is 1. The Kier molecular flexibility index (Phi) is 5.33. The summed E-state index contributed by atoms with van der Waals surface area (Å²) < 4.78 is 8.70. The van der Waals surface area contributed by atoms with Crippen molar-refractivity contribution in [3.8, 4) is 0 Å². The molecule has 30 heavy (non-hydrogen) atoms. The molecule has 0 spiro atoms. The zero-order valence-electron chi connectivity index (χ0n) is 16.7. The number of para-hydroxylation sites is 1. The van der Waals surface area contributed by atoms with Crippen LogP contribution < -0.4 is 11.0 Å². The lowest BCUT2D eigenvalue weighted by atomic mass is 10.0. The lowest BCUT2D eigenvalue weighted by Crippen LogP contribution is -2.45. The van der Waals surface area contributed by atoms with Crippen molar-refractivity contribution in [3.63, 3.8) is 0 Å². The van der Waals surface area contributed by atoms with Crippen LogP contribution in [0, 0.1) is 0 Å². The molecule has 3 amide bonds. The third-order valence-corrected chi connectivity index (χ3v) is 5.85. The minimum Gasteiger partial charge on any atom is -0.465 e. The standard InChI is InChI=1S/C20H24N4O6/c1-22-17-12(5-6-13-11-23(20(28)29)9-10-30-13)3-2-4-14(17)24(19(22)27)15-7-8-16(25)21-18(15)26/h2-4,13,15H,5-11H2,1H3,(H,28,29)(H,21,25,26)/t13-,15?/m0/s1. The van der Waals surface area contributed by atoms with Crippen LogP contribution in [0.2, 0.25) is 0 Å². The Morgan fingerprint density at radius 2 is 2.10 bits per heavy atom. The fraction of sp³-hybridized carbons (Fsp3) is 0.500. The van der Waals surface area contributed by atoms with Crippen molar-refractivity contribution in [2.75, 3.05) is 19.7 Å². The molecule has 1 aromatic carbocycles. The van der Waals surface area contributed by atoms with Crippen molar-refractivity contribution in [1.29, 1.82) is 0 Å². The summed E-state index contributed by atoms with van der Waals surface area (Å²) in [5.74, 6) is -0.788. The molecular weight excluding hydrogens is 392 g/mol. The predicted molar refractivity (Wildman–Crippen MR) is 106 cm³/mol. The van der Waals surface area contributed by atoms with E-state index in [9.17, 15) is 24.3 Å². The number of nitrogens with zero attached hydrogens (tertiary/aromatic N) is 3. The highest BCUT2D eigenvalue weighted by molar-refractivity contribution is 6.00. The van der Waals surface area contributed by atoms with Gasteiger partial charge < -0.3 is 14.7 Å². The van der Waals surface area contributed by atoms with Gasteiger partial charge in [0.05, 0.1) is 30.3 Å². The van der Waals surface area contributed by atoms with Crippen molar-refractivity contribution in [2.24, 2.45) is 7.05 Å². The zero-order valence-corrected chi connectivity index (χ0v) is 16.7. The van der Waals surface area contributed by atoms with E-state index in [1.54, 1.807) is 13.1 Å². The van der Waals surface area contributed by atoms with Crippen molar-refractivity contribution in [3.05, 3.63) is 34.2 Å². The summed E-state index contributed by atoms with van der Waals surface area (Å²) in [5.41, 5.74) is 2.00. The maximum Gasteiger partial charge on any atom is 0.407 e. The molecule has 0 radical (unpaired) electrons. The molecule has 2 fully saturated rings. The third-order valence-electron chi connectivity index (χ3n) is 5.85. The number of fused-ring (bicyclic) bond motifs is 1. The average Bonchev–Trinajstić information content (AvgIpc) is 2.98. The van der Waals surface area contributed by atoms with Gasteiger partial charge in [0.15, 0.2) is 0 Å². The molecule has 10 nitrogen and oxygen atoms in total. The van der Waals surface area contributed by atoms with Gasteiger partial charge in [-0.05, 0) is 30.9 Å². The maximum absolute atomic E-state index is 13.0. The molecule has 0 saturated carbocycles. The van der Waals surface area contributed by atoms with E-state index in [0.717, 1.165) is 11.1 Å². The second kappa shape index (κ2) is 7.94. The number of nitrogens with one attached hydrogen (secondary N) is 1. The number of carboxylic acid groups (broad SMARTS) is 1. The fourth-order valence-electron chi connectivity index (χ4n) is 4.34. The Morgan fingerprint density at radius 3 is 2.83 bits per heavy atom. The molecule has 4 rings (SSSR count). The Labute approximate surface area is 172 Å². The van der Waals surface area contributed by atoms with Crippen molar-refractivity contribution in [1.82, 2.24) is 19.4 Å². The van der Waals surface area contributed by atoms with Crippen LogP contribution in [0.4, 0.5) is 4.79 Å². The summed E-state index contributed by atoms with van der Waals surface area (Å²) in [5, 5.41) is 11.5. The SMILES string of the molecule is Cn1c(=O)n(C2CCC(=O)NC2=O)c2cccc(CC[C@H]3CN(C(=O)O)CCO3)c21. The number of morpholine rings is 1. The normalized spacial score (nSPS) is 22.4. The summed E-state index contributed by atoms with van der Waals surface area (Å²) in [7, 11) is 1.67. The monoisotopic (exact) mass is 416 g/mol. The number of aromatic nitrogens is 2. The Morgan fingerprint density at radius 1 is 1.30 bits per heavy atom. The van der Waals surface area contributed by atoms with E-state index in [1.807, 2.05) is 12.1 Å². The first-order valence-corrected chi connectivity index (χ1v) is 9.98. The predicted octanol–water partition coefficient (Wildman–Crippen LogP) is 0.629. The maximum atomic E-state index is 13.0. The molecular formula is C20H24N4O6. The van der Waals surface area contributed by atoms with Crippen LogP contribution in [0.5, 0.6) is 0 Å². The van der Waals surface area contributed by atoms with Gasteiger partial charge in [-0.25, -0.2) is 9.59 Å². The van der Waals surface area contributed by atoms with E-state index < -0.39 is 18.0 Å². The van der Waals surface area contributed by atoms with Crippen LogP contribution in [0.15, 0.2) is 23.0 Å². The quantitative estimate of drug-likeness (QED) is 0.705. The first kappa shape index (κ1) is 20.1. The van der Waals surface area contributed by atoms with Crippen LogP contribution in [-0.2, 0) is 27.8 Å². The number of aryl methyl sites for hydroxylation is 2. The van der Waals surface area contributed by atoms with E-state index in [0.29, 0.717) is 38.1 Å². The molecule has 2 aliphatic rings. The first-order valence-electron chi connectivity index (χ1n) is 9.98. The molecule has 2 atom stereocenters. The summed E-state index contributed by atoms with van der Waals surface area (Å²) in [4.78, 5) is 49.3. The van der Waals surface area contributed by atoms with Gasteiger partial charge in [0, 0.05) is 20.0 Å². The summed E-state index contributed by atoms with van der Waals surface area (Å²) in [6.45, 7) is 1.05. The molecule has 0 aliphatic carbocycles. The van der Waals surface area contributed by atoms with E-state index in [-0.39, 0.29) is 30.5 Å². The molecule has 3 heterocycles. The highest BCUT2D eigenvalue weighted by Crippen LogP contribution is 2.26. The summed E-state index contributed by atoms with van der Waals surface area (Å²) >= 11 is 0. The van der Waals surface area contributed by atoms with E-state index in [2.05, 4.69) is 5.32 Å². The fourth-order valence-corrected chi connectivity index (χ4v) is 4.34. The molecule has 2 N–H and O–H groups in total. The van der Waals surface area contributed by atoms with Crippen LogP contribution in [0.3, 0.4) is 0 Å². The highest BCUT2D eigenvalue weighted by atomic mass is 16.5. The minimum absolute atomic E-state index is 0.192. The first-order chi connectivity index (χ1) is 14.4. The number of rotatable bonds is 4. The van der Waals surface area contributed by atoms with Crippen LogP contribution >= 0.6 is 0 Å². The second-order valence-corrected chi connectivity index (χ2v) is 7.72. The molecule has 1 unspecified atom stereocenters. The Balaban J connectivity index is 1.61. The van der Waals surface area contributed by atoms with Crippen LogP contribution in [-0.4, -0.2) is 62.8 Å². The number of imide groups is 1. The Bertz CT molecular complexity index is 1070. The zero-order chi connectivity index (χ0) is 21.4. The van der Waals surface area contributed by atoms with Gasteiger partial charge >= 0.3 is 11.8 Å². The molecule has 2 aliphatic heterocycles. The molecule has 2 saturated heterocycles. The van der Waals surface area contributed by atoms with Gasteiger partial charge in [-0.3, -0.25) is 24.0 Å². The van der Waals surface area contributed by atoms with E-state index in [4.69, 9.17) is 4.74 Å². The van der Waals surface area contributed by atoms with Crippen LogP contribution in [0.25, 0.3) is 11.0 Å². The molecule has 2 aromatic rings. The smallest absolute Gasteiger partial charge is 0.407 e. The minimum atomic E-state index is -0.950. The Hall–Kier alpha value is -3.14. The number of hydrogen-bond donors (Lipinski definition) is 2. The van der Waals surface area contributed by atoms with E-state index >= 15 is 0 Å². The van der Waals surface area contributed by atoms with Crippen molar-refractivity contribution in [2.45, 2.75) is 37.8 Å². The van der Waals surface area contributed by atoms with Gasteiger partial charge in [-0.2, -0.15) is 0 Å². The van der Waals surface area contributed by atoms with Crippen molar-refractivity contribution >= 4 is 28.9 Å². The third kappa shape index (κ3) is 3.58. The highest BCUT2D eigenvalue weighted by Gasteiger charge is 2.31. The lowest BCUT2D eigenvalue weighted by Gasteiger charge is -2.31. The number of piperidine rings is 1.